The summed E-state index contributed by atoms with van der Waals surface area (Å²) in [6.07, 6.45) is 9.12. The van der Waals surface area contributed by atoms with Crippen LogP contribution in [0.4, 0.5) is 0 Å². The fraction of sp³-hybridized carbons (Fsp3) is 0.429. The number of aromatic nitrogens is 4. The van der Waals surface area contributed by atoms with E-state index < -0.39 is 6.04 Å². The third kappa shape index (κ3) is 5.75. The largest absolute Gasteiger partial charge is 0.354 e. The molecule has 3 heterocycles. The molecule has 2 aliphatic rings. The lowest BCUT2D eigenvalue weighted by atomic mass is 9.91. The van der Waals surface area contributed by atoms with Gasteiger partial charge in [0.1, 0.15) is 17.6 Å². The number of nitrogens with zero attached hydrogens (tertiary/aromatic N) is 4. The van der Waals surface area contributed by atoms with E-state index in [1.165, 1.54) is 12.5 Å². The van der Waals surface area contributed by atoms with Crippen LogP contribution in [0.2, 0.25) is 0 Å². The molecule has 1 aliphatic carbocycles. The molecule has 4 aromatic rings. The second-order valence-electron chi connectivity index (χ2n) is 12.8. The van der Waals surface area contributed by atoms with Crippen LogP contribution in [0.25, 0.3) is 22.0 Å². The number of fused-ring (bicyclic) bond motifs is 2. The lowest BCUT2D eigenvalue weighted by Gasteiger charge is -2.27. The van der Waals surface area contributed by atoms with Gasteiger partial charge >= 0.3 is 0 Å². The van der Waals surface area contributed by atoms with Crippen molar-refractivity contribution in [2.24, 2.45) is 5.41 Å². The molecule has 2 fully saturated rings. The van der Waals surface area contributed by atoms with Crippen molar-refractivity contribution >= 4 is 28.5 Å². The van der Waals surface area contributed by atoms with Gasteiger partial charge < -0.3 is 10.2 Å². The van der Waals surface area contributed by atoms with E-state index in [9.17, 15) is 14.4 Å². The van der Waals surface area contributed by atoms with Gasteiger partial charge in [-0.1, -0.05) is 43.7 Å². The lowest BCUT2D eigenvalue weighted by Crippen LogP contribution is -2.48. The summed E-state index contributed by atoms with van der Waals surface area (Å²) in [5.41, 5.74) is 5.47. The molecular formula is C35H40N6O3. The summed E-state index contributed by atoms with van der Waals surface area (Å²) in [4.78, 5) is 50.9. The Balaban J connectivity index is 1.21. The molecule has 0 spiro atoms. The molecule has 9 nitrogen and oxygen atoms in total. The maximum absolute atomic E-state index is 14.2. The van der Waals surface area contributed by atoms with Gasteiger partial charge in [0.2, 0.25) is 11.8 Å². The molecule has 2 N–H and O–H groups in total. The number of hydrogen-bond donors (Lipinski definition) is 2. The normalized spacial score (nSPS) is 20.5. The van der Waals surface area contributed by atoms with Crippen molar-refractivity contribution < 1.29 is 14.4 Å². The summed E-state index contributed by atoms with van der Waals surface area (Å²) in [6, 6.07) is 12.0. The minimum absolute atomic E-state index is 0.0374. The summed E-state index contributed by atoms with van der Waals surface area (Å²) < 4.78 is 0. The maximum atomic E-state index is 14.2. The van der Waals surface area contributed by atoms with Gasteiger partial charge in [0, 0.05) is 42.9 Å². The van der Waals surface area contributed by atoms with Crippen LogP contribution in [-0.2, 0) is 22.4 Å². The van der Waals surface area contributed by atoms with E-state index in [4.69, 9.17) is 0 Å². The number of Topliss-reactive ketones (excluding diaryl/α,β-unsaturated/α-hetero) is 1. The van der Waals surface area contributed by atoms with E-state index in [0.29, 0.717) is 41.0 Å². The molecule has 44 heavy (non-hydrogen) atoms. The highest BCUT2D eigenvalue weighted by Gasteiger charge is 2.64. The first kappa shape index (κ1) is 29.7. The number of hydrogen-bond acceptors (Lipinski definition) is 6. The zero-order valence-electron chi connectivity index (χ0n) is 25.9. The number of amides is 2. The Kier molecular flexibility index (Phi) is 8.05. The quantitative estimate of drug-likeness (QED) is 0.180. The zero-order valence-corrected chi connectivity index (χ0v) is 25.9. The predicted octanol–water partition coefficient (Wildman–Crippen LogP) is 5.29. The Morgan fingerprint density at radius 1 is 1.05 bits per heavy atom. The Morgan fingerprint density at radius 2 is 1.80 bits per heavy atom. The van der Waals surface area contributed by atoms with Crippen LogP contribution in [-0.4, -0.2) is 61.3 Å². The average molecular weight is 593 g/mol. The van der Waals surface area contributed by atoms with Gasteiger partial charge in [-0.15, -0.1) is 0 Å². The van der Waals surface area contributed by atoms with E-state index in [-0.39, 0.29) is 35.5 Å². The van der Waals surface area contributed by atoms with E-state index in [0.717, 1.165) is 48.8 Å². The van der Waals surface area contributed by atoms with Crippen molar-refractivity contribution in [1.82, 2.24) is 30.4 Å². The highest BCUT2D eigenvalue weighted by Crippen LogP contribution is 2.59. The number of carbonyl (C=O) groups excluding carboxylic acids is 3. The topological polar surface area (TPSA) is 121 Å². The number of piperidine rings is 1. The minimum atomic E-state index is -0.501. The van der Waals surface area contributed by atoms with Gasteiger partial charge in [0.25, 0.3) is 0 Å². The summed E-state index contributed by atoms with van der Waals surface area (Å²) in [6.45, 7) is 8.02. The van der Waals surface area contributed by atoms with Gasteiger partial charge in [-0.25, -0.2) is 9.97 Å². The number of aryl methyl sites for hydroxylation is 3. The minimum Gasteiger partial charge on any atom is -0.354 e. The molecule has 3 atom stereocenters. The molecule has 2 aromatic heterocycles. The van der Waals surface area contributed by atoms with Gasteiger partial charge in [-0.05, 0) is 79.7 Å². The summed E-state index contributed by atoms with van der Waals surface area (Å²) >= 11 is 0. The van der Waals surface area contributed by atoms with Crippen LogP contribution < -0.4 is 5.32 Å². The maximum Gasteiger partial charge on any atom is 0.242 e. The first-order valence-electron chi connectivity index (χ1n) is 15.6. The number of ketones is 1. The molecule has 1 aliphatic heterocycles. The number of benzene rings is 2. The van der Waals surface area contributed by atoms with E-state index in [1.54, 1.807) is 12.4 Å². The van der Waals surface area contributed by atoms with Crippen molar-refractivity contribution in [2.75, 3.05) is 6.54 Å². The first-order valence-corrected chi connectivity index (χ1v) is 15.6. The number of aromatic amines is 1. The SMILES string of the molecule is CC(=O)c1[nH]nc2c(C)cc(-c3cnc(C)nc3)c(CC(=O)N3[C@H](C(=O)NCCCCCc4ccccc4)C[C@@]4(C)C[C@@H]34)c12. The number of unbranched alkanes of at least 4 members (excludes halogenated alkanes) is 2. The van der Waals surface area contributed by atoms with E-state index in [1.807, 2.05) is 30.9 Å². The van der Waals surface area contributed by atoms with Crippen molar-refractivity contribution in [3.8, 4) is 11.1 Å². The van der Waals surface area contributed by atoms with Gasteiger partial charge in [-0.2, -0.15) is 5.10 Å². The van der Waals surface area contributed by atoms with Gasteiger partial charge in [-0.3, -0.25) is 19.5 Å². The Morgan fingerprint density at radius 3 is 2.52 bits per heavy atom. The molecule has 0 unspecified atom stereocenters. The van der Waals surface area contributed by atoms with Crippen LogP contribution in [0.1, 0.15) is 79.0 Å². The first-order chi connectivity index (χ1) is 21.2. The number of nitrogens with one attached hydrogen (secondary N) is 2. The molecule has 6 rings (SSSR count). The summed E-state index contributed by atoms with van der Waals surface area (Å²) in [7, 11) is 0. The van der Waals surface area contributed by atoms with Crippen LogP contribution in [0.3, 0.4) is 0 Å². The predicted molar refractivity (Wildman–Crippen MR) is 169 cm³/mol. The molecule has 1 saturated heterocycles. The van der Waals surface area contributed by atoms with Crippen molar-refractivity contribution in [3.05, 3.63) is 77.0 Å². The van der Waals surface area contributed by atoms with Crippen molar-refractivity contribution in [3.63, 3.8) is 0 Å². The van der Waals surface area contributed by atoms with Crippen LogP contribution in [0.5, 0.6) is 0 Å². The van der Waals surface area contributed by atoms with Crippen LogP contribution in [0, 0.1) is 19.3 Å². The molecule has 2 aromatic carbocycles. The van der Waals surface area contributed by atoms with Crippen LogP contribution >= 0.6 is 0 Å². The van der Waals surface area contributed by atoms with E-state index in [2.05, 4.69) is 56.7 Å². The van der Waals surface area contributed by atoms with Crippen LogP contribution in [0.15, 0.2) is 48.8 Å². The number of H-pyrrole nitrogens is 1. The van der Waals surface area contributed by atoms with Crippen molar-refractivity contribution in [1.29, 1.82) is 0 Å². The third-order valence-electron chi connectivity index (χ3n) is 9.41. The molecular weight excluding hydrogens is 552 g/mol. The van der Waals surface area contributed by atoms with E-state index >= 15 is 0 Å². The lowest BCUT2D eigenvalue weighted by molar-refractivity contribution is -0.139. The fourth-order valence-corrected chi connectivity index (χ4v) is 6.86. The highest BCUT2D eigenvalue weighted by atomic mass is 16.2. The smallest absolute Gasteiger partial charge is 0.242 e. The van der Waals surface area contributed by atoms with Crippen molar-refractivity contribution in [2.45, 2.75) is 84.7 Å². The Bertz CT molecular complexity index is 1710. The molecule has 1 saturated carbocycles. The standard InChI is InChI=1S/C35H40N6O3/c1-21-15-26(25-19-37-23(3)38-20-25)27(31-32(21)39-40-33(31)22(2)42)16-30(43)41-28(17-35(4)18-29(35)41)34(44)36-14-10-6-9-13-24-11-7-5-8-12-24/h5,7-8,11-12,15,19-20,28-29H,6,9-10,13-14,16-18H2,1-4H3,(H,36,44)(H,39,40)/t28-,29+,35-/m0/s1. The van der Waals surface area contributed by atoms with Gasteiger partial charge in [0.15, 0.2) is 5.78 Å². The molecule has 2 amide bonds. The monoisotopic (exact) mass is 592 g/mol. The number of carbonyl (C=O) groups is 3. The van der Waals surface area contributed by atoms with Gasteiger partial charge in [0.05, 0.1) is 11.9 Å². The Hall–Kier alpha value is -4.40. The molecule has 0 bridgehead atoms. The summed E-state index contributed by atoms with van der Waals surface area (Å²) in [5.74, 6) is 0.292. The second kappa shape index (κ2) is 11.9. The third-order valence-corrected chi connectivity index (χ3v) is 9.41. The number of likely N-dealkylation sites (tertiary alicyclic amines) is 1. The molecule has 9 heteroatoms. The average Bonchev–Trinajstić information content (AvgIpc) is 3.32. The zero-order chi connectivity index (χ0) is 31.0. The summed E-state index contributed by atoms with van der Waals surface area (Å²) in [5, 5.41) is 11.1. The highest BCUT2D eigenvalue weighted by molar-refractivity contribution is 6.09. The fourth-order valence-electron chi connectivity index (χ4n) is 6.86. The molecule has 228 valence electrons. The Labute approximate surface area is 257 Å². The molecule has 0 radical (unpaired) electrons. The number of rotatable bonds is 11. The second-order valence-corrected chi connectivity index (χ2v) is 12.8.